The molecule has 0 saturated carbocycles. The first-order valence-electron chi connectivity index (χ1n) is 9.14. The number of rotatable bonds is 7. The van der Waals surface area contributed by atoms with Crippen LogP contribution < -0.4 is 16.2 Å². The van der Waals surface area contributed by atoms with Crippen LogP contribution in [-0.2, 0) is 16.0 Å². The van der Waals surface area contributed by atoms with E-state index in [2.05, 4.69) is 16.2 Å². The van der Waals surface area contributed by atoms with Crippen LogP contribution in [0.3, 0.4) is 0 Å². The van der Waals surface area contributed by atoms with Gasteiger partial charge in [-0.1, -0.05) is 37.6 Å². The molecule has 2 aromatic rings. The van der Waals surface area contributed by atoms with Crippen LogP contribution in [0.2, 0.25) is 5.02 Å². The lowest BCUT2D eigenvalue weighted by molar-refractivity contribution is -0.129. The van der Waals surface area contributed by atoms with Gasteiger partial charge in [-0.3, -0.25) is 25.2 Å². The highest BCUT2D eigenvalue weighted by Crippen LogP contribution is 2.11. The van der Waals surface area contributed by atoms with Gasteiger partial charge in [0.1, 0.15) is 11.9 Å². The smallest absolute Gasteiger partial charge is 0.260 e. The number of halogens is 2. The fourth-order valence-electron chi connectivity index (χ4n) is 2.60. The molecular weight excluding hydrogens is 397 g/mol. The fourth-order valence-corrected chi connectivity index (χ4v) is 2.72. The standard InChI is InChI=1S/C21H23ClFN3O3/c1-13(2)11-18(24-20(28)15-5-7-16(22)8-6-15)21(29)26-25-19(27)12-14-3-9-17(23)10-4-14/h3-10,13,18H,11-12H2,1-2H3,(H,24,28)(H,25,27)(H,26,29)/t18-/m1/s1. The molecule has 2 rings (SSSR count). The second kappa shape index (κ2) is 10.6. The van der Waals surface area contributed by atoms with E-state index in [0.29, 0.717) is 22.6 Å². The molecule has 0 aliphatic rings. The van der Waals surface area contributed by atoms with Crippen LogP contribution in [0.4, 0.5) is 4.39 Å². The van der Waals surface area contributed by atoms with Crippen molar-refractivity contribution in [2.45, 2.75) is 32.7 Å². The summed E-state index contributed by atoms with van der Waals surface area (Å²) in [5, 5.41) is 3.18. The maximum Gasteiger partial charge on any atom is 0.260 e. The van der Waals surface area contributed by atoms with Gasteiger partial charge in [-0.2, -0.15) is 0 Å². The minimum atomic E-state index is -0.829. The molecule has 0 aliphatic heterocycles. The molecule has 6 nitrogen and oxygen atoms in total. The van der Waals surface area contributed by atoms with Crippen LogP contribution in [-0.4, -0.2) is 23.8 Å². The molecule has 0 aliphatic carbocycles. The van der Waals surface area contributed by atoms with E-state index in [1.165, 1.54) is 24.3 Å². The van der Waals surface area contributed by atoms with Crippen LogP contribution in [0.15, 0.2) is 48.5 Å². The van der Waals surface area contributed by atoms with Gasteiger partial charge in [-0.15, -0.1) is 0 Å². The lowest BCUT2D eigenvalue weighted by Crippen LogP contribution is -2.53. The summed E-state index contributed by atoms with van der Waals surface area (Å²) in [5.41, 5.74) is 5.63. The highest BCUT2D eigenvalue weighted by Gasteiger charge is 2.23. The van der Waals surface area contributed by atoms with Crippen molar-refractivity contribution >= 4 is 29.3 Å². The van der Waals surface area contributed by atoms with Gasteiger partial charge >= 0.3 is 0 Å². The van der Waals surface area contributed by atoms with Crippen LogP contribution >= 0.6 is 11.6 Å². The second-order valence-electron chi connectivity index (χ2n) is 7.00. The fraction of sp³-hybridized carbons (Fsp3) is 0.286. The Labute approximate surface area is 173 Å². The van der Waals surface area contributed by atoms with Gasteiger partial charge in [0.2, 0.25) is 5.91 Å². The van der Waals surface area contributed by atoms with Gasteiger partial charge in [-0.05, 0) is 54.3 Å². The molecule has 0 spiro atoms. The molecule has 0 aromatic heterocycles. The van der Waals surface area contributed by atoms with Crippen molar-refractivity contribution in [2.75, 3.05) is 0 Å². The van der Waals surface area contributed by atoms with Gasteiger partial charge in [0, 0.05) is 10.6 Å². The van der Waals surface area contributed by atoms with Gasteiger partial charge in [-0.25, -0.2) is 4.39 Å². The number of carbonyl (C=O) groups is 3. The van der Waals surface area contributed by atoms with Gasteiger partial charge in [0.05, 0.1) is 6.42 Å². The average molecular weight is 420 g/mol. The number of hydrogen-bond donors (Lipinski definition) is 3. The molecule has 8 heteroatoms. The zero-order valence-corrected chi connectivity index (χ0v) is 16.9. The molecule has 0 radical (unpaired) electrons. The molecule has 154 valence electrons. The first kappa shape index (κ1) is 22.4. The molecule has 3 N–H and O–H groups in total. The van der Waals surface area contributed by atoms with Gasteiger partial charge in [0.15, 0.2) is 0 Å². The number of benzene rings is 2. The highest BCUT2D eigenvalue weighted by molar-refractivity contribution is 6.30. The quantitative estimate of drug-likeness (QED) is 0.603. The Morgan fingerprint density at radius 2 is 1.59 bits per heavy atom. The van der Waals surface area contributed by atoms with E-state index in [1.54, 1.807) is 24.3 Å². The summed E-state index contributed by atoms with van der Waals surface area (Å²) >= 11 is 5.82. The van der Waals surface area contributed by atoms with Gasteiger partial charge < -0.3 is 5.32 Å². The Morgan fingerprint density at radius 3 is 2.17 bits per heavy atom. The Morgan fingerprint density at radius 1 is 0.966 bits per heavy atom. The largest absolute Gasteiger partial charge is 0.340 e. The van der Waals surface area contributed by atoms with E-state index in [0.717, 1.165) is 0 Å². The predicted octanol–water partition coefficient (Wildman–Crippen LogP) is 3.01. The Hall–Kier alpha value is -2.93. The third kappa shape index (κ3) is 7.54. The molecule has 0 bridgehead atoms. The Bertz CT molecular complexity index is 854. The van der Waals surface area contributed by atoms with E-state index >= 15 is 0 Å². The Balaban J connectivity index is 1.93. The van der Waals surface area contributed by atoms with Crippen molar-refractivity contribution in [1.29, 1.82) is 0 Å². The maximum atomic E-state index is 12.9. The van der Waals surface area contributed by atoms with Crippen molar-refractivity contribution in [2.24, 2.45) is 5.92 Å². The van der Waals surface area contributed by atoms with Gasteiger partial charge in [0.25, 0.3) is 11.8 Å². The van der Waals surface area contributed by atoms with Crippen molar-refractivity contribution in [1.82, 2.24) is 16.2 Å². The molecule has 0 unspecified atom stereocenters. The first-order chi connectivity index (χ1) is 13.7. The zero-order valence-electron chi connectivity index (χ0n) is 16.2. The SMILES string of the molecule is CC(C)C[C@@H](NC(=O)c1ccc(Cl)cc1)C(=O)NNC(=O)Cc1ccc(F)cc1. The number of amides is 3. The number of hydrazine groups is 1. The van der Waals surface area contributed by atoms with Crippen LogP contribution in [0.5, 0.6) is 0 Å². The molecule has 29 heavy (non-hydrogen) atoms. The van der Waals surface area contributed by atoms with Crippen LogP contribution in [0.1, 0.15) is 36.2 Å². The third-order valence-electron chi connectivity index (χ3n) is 4.04. The summed E-state index contributed by atoms with van der Waals surface area (Å²) in [4.78, 5) is 36.9. The molecule has 2 aromatic carbocycles. The summed E-state index contributed by atoms with van der Waals surface area (Å²) in [6.07, 6.45) is 0.367. The highest BCUT2D eigenvalue weighted by atomic mass is 35.5. The zero-order chi connectivity index (χ0) is 21.4. The summed E-state index contributed by atoms with van der Waals surface area (Å²) in [7, 11) is 0. The normalized spacial score (nSPS) is 11.6. The number of nitrogens with one attached hydrogen (secondary N) is 3. The molecule has 0 heterocycles. The van der Waals surface area contributed by atoms with Crippen molar-refractivity contribution in [3.05, 3.63) is 70.5 Å². The molecule has 0 saturated heterocycles. The maximum absolute atomic E-state index is 12.9. The van der Waals surface area contributed by atoms with E-state index in [-0.39, 0.29) is 12.3 Å². The lowest BCUT2D eigenvalue weighted by Gasteiger charge is -2.20. The predicted molar refractivity (Wildman–Crippen MR) is 109 cm³/mol. The summed E-state index contributed by atoms with van der Waals surface area (Å²) in [6, 6.07) is 11.0. The Kier molecular flexibility index (Phi) is 8.15. The number of hydrogen-bond acceptors (Lipinski definition) is 3. The van der Waals surface area contributed by atoms with Crippen molar-refractivity contribution in [3.63, 3.8) is 0 Å². The van der Waals surface area contributed by atoms with Crippen molar-refractivity contribution in [3.8, 4) is 0 Å². The molecular formula is C21H23ClFN3O3. The summed E-state index contributed by atoms with van der Waals surface area (Å²) in [5.74, 6) is -1.67. The van der Waals surface area contributed by atoms with E-state index in [1.807, 2.05) is 13.8 Å². The third-order valence-corrected chi connectivity index (χ3v) is 4.29. The van der Waals surface area contributed by atoms with E-state index in [4.69, 9.17) is 11.6 Å². The van der Waals surface area contributed by atoms with Crippen molar-refractivity contribution < 1.29 is 18.8 Å². The summed E-state index contributed by atoms with van der Waals surface area (Å²) < 4.78 is 12.9. The molecule has 3 amide bonds. The van der Waals surface area contributed by atoms with E-state index < -0.39 is 29.6 Å². The van der Waals surface area contributed by atoms with E-state index in [9.17, 15) is 18.8 Å². The average Bonchev–Trinajstić information content (AvgIpc) is 2.67. The van der Waals surface area contributed by atoms with Crippen LogP contribution in [0.25, 0.3) is 0 Å². The molecule has 1 atom stereocenters. The minimum absolute atomic E-state index is 0.0213. The summed E-state index contributed by atoms with van der Waals surface area (Å²) in [6.45, 7) is 3.84. The molecule has 0 fully saturated rings. The lowest BCUT2D eigenvalue weighted by atomic mass is 10.0. The van der Waals surface area contributed by atoms with Crippen LogP contribution in [0, 0.1) is 11.7 Å². The number of carbonyl (C=O) groups excluding carboxylic acids is 3. The second-order valence-corrected chi connectivity index (χ2v) is 7.44. The monoisotopic (exact) mass is 419 g/mol. The minimum Gasteiger partial charge on any atom is -0.340 e. The topological polar surface area (TPSA) is 87.3 Å². The first-order valence-corrected chi connectivity index (χ1v) is 9.52.